The fraction of sp³-hybridized carbons (Fsp3) is 0.714. The minimum atomic E-state index is -0.240. The zero-order chi connectivity index (χ0) is 14.7. The summed E-state index contributed by atoms with van der Waals surface area (Å²) in [6, 6.07) is 0.310. The van der Waals surface area contributed by atoms with Gasteiger partial charge in [-0.15, -0.1) is 5.10 Å². The quantitative estimate of drug-likeness (QED) is 0.890. The van der Waals surface area contributed by atoms with E-state index in [-0.39, 0.29) is 11.8 Å². The maximum atomic E-state index is 11.4. The summed E-state index contributed by atoms with van der Waals surface area (Å²) in [5.74, 6) is 0.263. The van der Waals surface area contributed by atoms with Crippen LogP contribution in [0.3, 0.4) is 0 Å². The molecule has 1 saturated heterocycles. The number of hydrogen-bond acceptors (Lipinski definition) is 5. The first-order valence-corrected chi connectivity index (χ1v) is 7.35. The molecule has 6 nitrogen and oxygen atoms in total. The van der Waals surface area contributed by atoms with Gasteiger partial charge < -0.3 is 10.6 Å². The molecule has 2 heterocycles. The normalized spacial score (nSPS) is 22.9. The van der Waals surface area contributed by atoms with Crippen LogP contribution in [-0.4, -0.2) is 33.7 Å². The van der Waals surface area contributed by atoms with E-state index in [1.807, 2.05) is 0 Å². The van der Waals surface area contributed by atoms with Crippen molar-refractivity contribution >= 4 is 11.9 Å². The smallest absolute Gasteiger partial charge is 0.245 e. The number of nitrogens with zero attached hydrogens (tertiary/aromatic N) is 4. The van der Waals surface area contributed by atoms with Gasteiger partial charge in [0.25, 0.3) is 0 Å². The van der Waals surface area contributed by atoms with E-state index in [2.05, 4.69) is 40.9 Å². The maximum absolute atomic E-state index is 11.4. The highest BCUT2D eigenvalue weighted by atomic mass is 16.1. The lowest BCUT2D eigenvalue weighted by Gasteiger charge is -2.36. The van der Waals surface area contributed by atoms with E-state index < -0.39 is 0 Å². The topological polar surface area (TPSA) is 85.0 Å². The third-order valence-corrected chi connectivity index (χ3v) is 4.04. The minimum Gasteiger partial charge on any atom is -0.369 e. The number of amides is 1. The summed E-state index contributed by atoms with van der Waals surface area (Å²) in [4.78, 5) is 18.1. The number of aryl methyl sites for hydroxylation is 2. The van der Waals surface area contributed by atoms with E-state index >= 15 is 0 Å². The van der Waals surface area contributed by atoms with Crippen molar-refractivity contribution in [3.63, 3.8) is 0 Å². The van der Waals surface area contributed by atoms with Crippen LogP contribution in [0, 0.1) is 5.92 Å². The Hall–Kier alpha value is -1.72. The SMILES string of the molecule is CCc1nnc(N2CC(C(N)=O)CCC2C)nc1CC. The van der Waals surface area contributed by atoms with Crippen molar-refractivity contribution in [1.82, 2.24) is 15.2 Å². The molecule has 6 heteroatoms. The fourth-order valence-electron chi connectivity index (χ4n) is 2.67. The van der Waals surface area contributed by atoms with Gasteiger partial charge in [-0.2, -0.15) is 5.10 Å². The van der Waals surface area contributed by atoms with Crippen LogP contribution in [0.2, 0.25) is 0 Å². The van der Waals surface area contributed by atoms with Crippen LogP contribution in [0.25, 0.3) is 0 Å². The highest BCUT2D eigenvalue weighted by Gasteiger charge is 2.30. The van der Waals surface area contributed by atoms with Gasteiger partial charge in [0.2, 0.25) is 11.9 Å². The largest absolute Gasteiger partial charge is 0.369 e. The van der Waals surface area contributed by atoms with Crippen molar-refractivity contribution < 1.29 is 4.79 Å². The lowest BCUT2D eigenvalue weighted by atomic mass is 9.93. The molecule has 2 atom stereocenters. The highest BCUT2D eigenvalue weighted by Crippen LogP contribution is 2.25. The third-order valence-electron chi connectivity index (χ3n) is 4.04. The first-order chi connectivity index (χ1) is 9.56. The molecule has 0 aliphatic carbocycles. The van der Waals surface area contributed by atoms with E-state index in [4.69, 9.17) is 5.73 Å². The third kappa shape index (κ3) is 2.89. The van der Waals surface area contributed by atoms with E-state index in [1.165, 1.54) is 0 Å². The molecule has 2 N–H and O–H groups in total. The van der Waals surface area contributed by atoms with Crippen LogP contribution in [0.1, 0.15) is 45.0 Å². The van der Waals surface area contributed by atoms with Crippen molar-refractivity contribution in [3.05, 3.63) is 11.4 Å². The molecule has 1 aliphatic heterocycles. The maximum Gasteiger partial charge on any atom is 0.245 e. The van der Waals surface area contributed by atoms with Gasteiger partial charge in [-0.1, -0.05) is 13.8 Å². The Morgan fingerprint density at radius 2 is 1.95 bits per heavy atom. The standard InChI is InChI=1S/C14H23N5O/c1-4-11-12(5-2)17-18-14(16-11)19-8-10(13(15)20)7-6-9(19)3/h9-10H,4-8H2,1-3H3,(H2,15,20). The summed E-state index contributed by atoms with van der Waals surface area (Å²) < 4.78 is 0. The van der Waals surface area contributed by atoms with Gasteiger partial charge in [-0.3, -0.25) is 4.79 Å². The molecule has 0 radical (unpaired) electrons. The van der Waals surface area contributed by atoms with E-state index in [1.54, 1.807) is 0 Å². The molecule has 1 fully saturated rings. The molecule has 0 saturated carbocycles. The Morgan fingerprint density at radius 1 is 1.25 bits per heavy atom. The number of aromatic nitrogens is 3. The Bertz CT molecular complexity index is 490. The molecule has 1 aliphatic rings. The average molecular weight is 277 g/mol. The molecular formula is C14H23N5O. The summed E-state index contributed by atoms with van der Waals surface area (Å²) in [7, 11) is 0. The highest BCUT2D eigenvalue weighted by molar-refractivity contribution is 5.77. The molecule has 2 unspecified atom stereocenters. The summed E-state index contributed by atoms with van der Waals surface area (Å²) in [6.45, 7) is 6.84. The molecule has 0 aromatic carbocycles. The summed E-state index contributed by atoms with van der Waals surface area (Å²) in [5.41, 5.74) is 7.38. The van der Waals surface area contributed by atoms with Gasteiger partial charge in [-0.05, 0) is 32.6 Å². The lowest BCUT2D eigenvalue weighted by molar-refractivity contribution is -0.122. The molecule has 0 spiro atoms. The Morgan fingerprint density at radius 3 is 2.55 bits per heavy atom. The zero-order valence-corrected chi connectivity index (χ0v) is 12.5. The van der Waals surface area contributed by atoms with Gasteiger partial charge in [0.15, 0.2) is 0 Å². The van der Waals surface area contributed by atoms with Crippen LogP contribution in [0.5, 0.6) is 0 Å². The molecule has 2 rings (SSSR count). The molecule has 20 heavy (non-hydrogen) atoms. The fourth-order valence-corrected chi connectivity index (χ4v) is 2.67. The molecular weight excluding hydrogens is 254 g/mol. The van der Waals surface area contributed by atoms with Gasteiger partial charge >= 0.3 is 0 Å². The number of carbonyl (C=O) groups excluding carboxylic acids is 1. The number of primary amides is 1. The Labute approximate surface area is 119 Å². The molecule has 0 bridgehead atoms. The lowest BCUT2D eigenvalue weighted by Crippen LogP contribution is -2.46. The molecule has 1 amide bonds. The van der Waals surface area contributed by atoms with Crippen molar-refractivity contribution in [2.75, 3.05) is 11.4 Å². The molecule has 1 aromatic heterocycles. The van der Waals surface area contributed by atoms with Crippen LogP contribution in [0.15, 0.2) is 0 Å². The van der Waals surface area contributed by atoms with Crippen molar-refractivity contribution in [3.8, 4) is 0 Å². The summed E-state index contributed by atoms with van der Waals surface area (Å²) in [5, 5.41) is 8.52. The van der Waals surface area contributed by atoms with E-state index in [9.17, 15) is 4.79 Å². The van der Waals surface area contributed by atoms with Crippen LogP contribution in [-0.2, 0) is 17.6 Å². The number of carbonyl (C=O) groups is 1. The van der Waals surface area contributed by atoms with Crippen molar-refractivity contribution in [2.45, 2.75) is 52.5 Å². The van der Waals surface area contributed by atoms with Crippen molar-refractivity contribution in [2.24, 2.45) is 11.7 Å². The minimum absolute atomic E-state index is 0.120. The zero-order valence-electron chi connectivity index (χ0n) is 12.5. The summed E-state index contributed by atoms with van der Waals surface area (Å²) in [6.07, 6.45) is 3.44. The number of hydrogen-bond donors (Lipinski definition) is 1. The first-order valence-electron chi connectivity index (χ1n) is 7.35. The number of anilines is 1. The van der Waals surface area contributed by atoms with Gasteiger partial charge in [0.05, 0.1) is 17.3 Å². The Balaban J connectivity index is 2.26. The molecule has 110 valence electrons. The van der Waals surface area contributed by atoms with Crippen LogP contribution in [0.4, 0.5) is 5.95 Å². The number of piperidine rings is 1. The first kappa shape index (κ1) is 14.7. The second-order valence-corrected chi connectivity index (χ2v) is 5.39. The van der Waals surface area contributed by atoms with Gasteiger partial charge in [-0.25, -0.2) is 4.98 Å². The second-order valence-electron chi connectivity index (χ2n) is 5.39. The average Bonchev–Trinajstić information content (AvgIpc) is 2.46. The monoisotopic (exact) mass is 277 g/mol. The van der Waals surface area contributed by atoms with Crippen molar-refractivity contribution in [1.29, 1.82) is 0 Å². The van der Waals surface area contributed by atoms with Gasteiger partial charge in [0.1, 0.15) is 0 Å². The second kappa shape index (κ2) is 6.15. The van der Waals surface area contributed by atoms with E-state index in [0.717, 1.165) is 37.1 Å². The Kier molecular flexibility index (Phi) is 4.52. The van der Waals surface area contributed by atoms with Crippen LogP contribution < -0.4 is 10.6 Å². The van der Waals surface area contributed by atoms with Crippen LogP contribution >= 0.6 is 0 Å². The van der Waals surface area contributed by atoms with E-state index in [0.29, 0.717) is 18.5 Å². The predicted molar refractivity (Wildman–Crippen MR) is 77.3 cm³/mol. The predicted octanol–water partition coefficient (Wildman–Crippen LogP) is 1.09. The summed E-state index contributed by atoms with van der Waals surface area (Å²) >= 11 is 0. The number of nitrogens with two attached hydrogens (primary N) is 1. The van der Waals surface area contributed by atoms with Gasteiger partial charge in [0, 0.05) is 12.6 Å². The molecule has 1 aromatic rings. The number of rotatable bonds is 4.